The average molecular weight is 419 g/mol. The van der Waals surface area contributed by atoms with E-state index in [9.17, 15) is 0 Å². The van der Waals surface area contributed by atoms with Gasteiger partial charge in [-0.2, -0.15) is 0 Å². The number of rotatable bonds is 7. The van der Waals surface area contributed by atoms with Crippen molar-refractivity contribution in [1.82, 2.24) is 0 Å². The Labute approximate surface area is 178 Å². The first kappa shape index (κ1) is 24.1. The van der Waals surface area contributed by atoms with Gasteiger partial charge in [0.05, 0.1) is 19.3 Å². The van der Waals surface area contributed by atoms with Crippen molar-refractivity contribution in [3.63, 3.8) is 0 Å². The van der Waals surface area contributed by atoms with E-state index in [1.165, 1.54) is 0 Å². The Bertz CT molecular complexity index is 697. The van der Waals surface area contributed by atoms with Gasteiger partial charge in [-0.1, -0.05) is 62.9 Å². The second kappa shape index (κ2) is 9.76. The fourth-order valence-corrected chi connectivity index (χ4v) is 4.41. The molecule has 1 aliphatic heterocycles. The maximum Gasteiger partial charge on any atom is 0.192 e. The third-order valence-corrected chi connectivity index (χ3v) is 10.1. The molecule has 0 unspecified atom stereocenters. The molecule has 1 fully saturated rings. The van der Waals surface area contributed by atoms with Crippen molar-refractivity contribution >= 4 is 8.32 Å². The lowest BCUT2D eigenvalue weighted by Gasteiger charge is -2.38. The monoisotopic (exact) mass is 418 g/mol. The minimum Gasteiger partial charge on any atom is -0.413 e. The summed E-state index contributed by atoms with van der Waals surface area (Å²) in [6.45, 7) is 18.2. The predicted molar refractivity (Wildman–Crippen MR) is 120 cm³/mol. The number of ether oxygens (including phenoxy) is 3. The van der Waals surface area contributed by atoms with Gasteiger partial charge in [-0.3, -0.25) is 0 Å². The van der Waals surface area contributed by atoms with Crippen molar-refractivity contribution < 1.29 is 18.6 Å². The lowest BCUT2D eigenvalue weighted by Crippen LogP contribution is -2.43. The highest BCUT2D eigenvalue weighted by Gasteiger charge is 2.41. The number of benzene rings is 1. The van der Waals surface area contributed by atoms with E-state index in [0.717, 1.165) is 5.56 Å². The van der Waals surface area contributed by atoms with Gasteiger partial charge >= 0.3 is 0 Å². The molecule has 1 aromatic carbocycles. The van der Waals surface area contributed by atoms with E-state index in [0.29, 0.717) is 19.6 Å². The molecule has 0 N–H and O–H groups in total. The number of hydrogen-bond acceptors (Lipinski definition) is 4. The van der Waals surface area contributed by atoms with Crippen LogP contribution >= 0.6 is 0 Å². The fourth-order valence-electron chi connectivity index (χ4n) is 2.97. The molecule has 0 aliphatic carbocycles. The average Bonchev–Trinajstić information content (AvgIpc) is 2.88. The summed E-state index contributed by atoms with van der Waals surface area (Å²) in [5.74, 6) is 5.86. The van der Waals surface area contributed by atoms with Crippen LogP contribution in [0.25, 0.3) is 0 Å². The first-order valence-corrected chi connectivity index (χ1v) is 13.4. The standard InChI is InChI=1S/C24H38O4Si/c1-19(28-29(7,8)23(2,3)4)13-12-16-21-22(27-24(5,6)26-21)18-25-17-20-14-10-9-11-15-20/h9-11,14-15,19,21-22H,13,17-18H2,1-8H3/t19-,21+,22+/m1/s1. The van der Waals surface area contributed by atoms with Crippen molar-refractivity contribution in [3.05, 3.63) is 35.9 Å². The zero-order valence-corrected chi connectivity index (χ0v) is 20.4. The summed E-state index contributed by atoms with van der Waals surface area (Å²) in [4.78, 5) is 0. The highest BCUT2D eigenvalue weighted by atomic mass is 28.4. The molecular weight excluding hydrogens is 380 g/mol. The van der Waals surface area contributed by atoms with Crippen LogP contribution in [0.1, 0.15) is 53.5 Å². The SMILES string of the molecule is C[C@H](CC#C[C@@H]1OC(C)(C)O[C@H]1COCc1ccccc1)O[Si](C)(C)C(C)(C)C. The summed E-state index contributed by atoms with van der Waals surface area (Å²) in [7, 11) is -1.78. The van der Waals surface area contributed by atoms with E-state index in [4.69, 9.17) is 18.6 Å². The van der Waals surface area contributed by atoms with E-state index in [1.54, 1.807) is 0 Å². The van der Waals surface area contributed by atoms with Crippen LogP contribution in [0.15, 0.2) is 30.3 Å². The Morgan fingerprint density at radius 2 is 1.79 bits per heavy atom. The van der Waals surface area contributed by atoms with E-state index >= 15 is 0 Å². The Hall–Kier alpha value is -1.16. The highest BCUT2D eigenvalue weighted by Crippen LogP contribution is 2.37. The summed E-state index contributed by atoms with van der Waals surface area (Å²) < 4.78 is 24.3. The van der Waals surface area contributed by atoms with Crippen molar-refractivity contribution in [2.45, 2.75) is 96.8 Å². The van der Waals surface area contributed by atoms with Crippen LogP contribution in [0.2, 0.25) is 18.1 Å². The molecule has 0 aromatic heterocycles. The maximum atomic E-state index is 6.39. The van der Waals surface area contributed by atoms with Gasteiger partial charge in [-0.25, -0.2) is 0 Å². The van der Waals surface area contributed by atoms with E-state index in [1.807, 2.05) is 32.0 Å². The normalized spacial score (nSPS) is 22.8. The van der Waals surface area contributed by atoms with Crippen LogP contribution in [0.5, 0.6) is 0 Å². The van der Waals surface area contributed by atoms with Gasteiger partial charge in [-0.15, -0.1) is 0 Å². The van der Waals surface area contributed by atoms with Gasteiger partial charge in [0.25, 0.3) is 0 Å². The summed E-state index contributed by atoms with van der Waals surface area (Å²) in [5, 5.41) is 0.197. The van der Waals surface area contributed by atoms with Gasteiger partial charge in [0.1, 0.15) is 12.2 Å². The molecule has 5 heteroatoms. The van der Waals surface area contributed by atoms with Crippen molar-refractivity contribution in [1.29, 1.82) is 0 Å². The van der Waals surface area contributed by atoms with Gasteiger partial charge in [-0.05, 0) is 44.5 Å². The topological polar surface area (TPSA) is 36.9 Å². The Balaban J connectivity index is 1.88. The third-order valence-electron chi connectivity index (χ3n) is 5.51. The summed E-state index contributed by atoms with van der Waals surface area (Å²) in [6.07, 6.45) is 0.301. The van der Waals surface area contributed by atoms with Crippen LogP contribution in [-0.4, -0.2) is 39.0 Å². The minimum atomic E-state index is -1.78. The lowest BCUT2D eigenvalue weighted by atomic mass is 10.2. The maximum absolute atomic E-state index is 6.39. The lowest BCUT2D eigenvalue weighted by molar-refractivity contribution is -0.148. The van der Waals surface area contributed by atoms with E-state index in [-0.39, 0.29) is 23.4 Å². The zero-order valence-electron chi connectivity index (χ0n) is 19.4. The largest absolute Gasteiger partial charge is 0.413 e. The molecule has 0 radical (unpaired) electrons. The summed E-state index contributed by atoms with van der Waals surface area (Å²) >= 11 is 0. The smallest absolute Gasteiger partial charge is 0.192 e. The molecule has 162 valence electrons. The number of hydrogen-bond donors (Lipinski definition) is 0. The van der Waals surface area contributed by atoms with Crippen LogP contribution in [0, 0.1) is 11.8 Å². The summed E-state index contributed by atoms with van der Waals surface area (Å²) in [6, 6.07) is 10.1. The van der Waals surface area contributed by atoms with E-state index < -0.39 is 14.1 Å². The van der Waals surface area contributed by atoms with Crippen molar-refractivity contribution in [2.24, 2.45) is 0 Å². The first-order valence-electron chi connectivity index (χ1n) is 10.5. The van der Waals surface area contributed by atoms with Crippen molar-refractivity contribution in [3.8, 4) is 11.8 Å². The van der Waals surface area contributed by atoms with Crippen molar-refractivity contribution in [2.75, 3.05) is 6.61 Å². The van der Waals surface area contributed by atoms with Gasteiger partial charge in [0, 0.05) is 6.42 Å². The Kier molecular flexibility index (Phi) is 8.12. The van der Waals surface area contributed by atoms with E-state index in [2.05, 4.69) is 64.8 Å². The third kappa shape index (κ3) is 7.55. The molecule has 4 nitrogen and oxygen atoms in total. The molecule has 0 spiro atoms. The zero-order chi connectivity index (χ0) is 21.7. The molecule has 29 heavy (non-hydrogen) atoms. The highest BCUT2D eigenvalue weighted by molar-refractivity contribution is 6.74. The van der Waals surface area contributed by atoms with Crippen LogP contribution < -0.4 is 0 Å². The molecule has 1 aliphatic rings. The predicted octanol–water partition coefficient (Wildman–Crippen LogP) is 5.53. The molecule has 2 rings (SSSR count). The van der Waals surface area contributed by atoms with Crippen LogP contribution in [0.3, 0.4) is 0 Å². The molecule has 0 saturated carbocycles. The second-order valence-electron chi connectivity index (χ2n) is 9.81. The molecule has 0 amide bonds. The fraction of sp³-hybridized carbons (Fsp3) is 0.667. The Morgan fingerprint density at radius 1 is 1.14 bits per heavy atom. The van der Waals surface area contributed by atoms with Gasteiger partial charge < -0.3 is 18.6 Å². The van der Waals surface area contributed by atoms with Gasteiger partial charge in [0.2, 0.25) is 0 Å². The molecule has 1 heterocycles. The molecule has 0 bridgehead atoms. The quantitative estimate of drug-likeness (QED) is 0.431. The summed E-state index contributed by atoms with van der Waals surface area (Å²) in [5.41, 5.74) is 1.14. The molecule has 1 aromatic rings. The minimum absolute atomic E-state index is 0.103. The molecule has 3 atom stereocenters. The van der Waals surface area contributed by atoms with Crippen LogP contribution in [0.4, 0.5) is 0 Å². The first-order chi connectivity index (χ1) is 13.4. The Morgan fingerprint density at radius 3 is 2.41 bits per heavy atom. The molecular formula is C24H38O4Si. The van der Waals surface area contributed by atoms with Crippen LogP contribution in [-0.2, 0) is 25.2 Å². The molecule has 1 saturated heterocycles. The van der Waals surface area contributed by atoms with Gasteiger partial charge in [0.15, 0.2) is 14.1 Å². The second-order valence-corrected chi connectivity index (χ2v) is 14.6.